The standard InChI is InChI=1S/C11H14O/c1-3-5-10-6-7-11(12)8-9(10)4-2/h4-8,12H,3H2,1-2H3/b9-4-,10-5-. The smallest absolute Gasteiger partial charge is 0.116 e. The predicted octanol–water partition coefficient (Wildman–Crippen LogP) is 1.38. The summed E-state index contributed by atoms with van der Waals surface area (Å²) in [7, 11) is 0. The SMILES string of the molecule is C/C=c1/cc(O)cc/c1=C/CC. The van der Waals surface area contributed by atoms with Crippen LogP contribution in [0.25, 0.3) is 12.2 Å². The summed E-state index contributed by atoms with van der Waals surface area (Å²) >= 11 is 0. The van der Waals surface area contributed by atoms with Gasteiger partial charge >= 0.3 is 0 Å². The summed E-state index contributed by atoms with van der Waals surface area (Å²) in [5.74, 6) is 0.330. The molecule has 1 aromatic rings. The zero-order valence-electron chi connectivity index (χ0n) is 7.54. The number of phenolic OH excluding ortho intramolecular Hbond substituents is 1. The van der Waals surface area contributed by atoms with Gasteiger partial charge < -0.3 is 5.11 Å². The maximum Gasteiger partial charge on any atom is 0.116 e. The number of phenols is 1. The van der Waals surface area contributed by atoms with Crippen molar-refractivity contribution in [3.8, 4) is 5.75 Å². The number of hydrogen-bond acceptors (Lipinski definition) is 1. The molecule has 0 aromatic heterocycles. The molecule has 1 nitrogen and oxygen atoms in total. The Hall–Kier alpha value is -1.24. The van der Waals surface area contributed by atoms with Crippen LogP contribution in [0.5, 0.6) is 5.75 Å². The van der Waals surface area contributed by atoms with E-state index in [-0.39, 0.29) is 0 Å². The van der Waals surface area contributed by atoms with Crippen molar-refractivity contribution in [1.82, 2.24) is 0 Å². The monoisotopic (exact) mass is 162 g/mol. The lowest BCUT2D eigenvalue weighted by atomic mass is 10.2. The fourth-order valence-electron chi connectivity index (χ4n) is 1.22. The Morgan fingerprint density at radius 1 is 1.33 bits per heavy atom. The highest BCUT2D eigenvalue weighted by Gasteiger charge is 1.86. The average Bonchev–Trinajstić information content (AvgIpc) is 2.08. The zero-order chi connectivity index (χ0) is 8.97. The summed E-state index contributed by atoms with van der Waals surface area (Å²) < 4.78 is 0. The molecule has 0 aliphatic carbocycles. The largest absolute Gasteiger partial charge is 0.508 e. The van der Waals surface area contributed by atoms with E-state index >= 15 is 0 Å². The third-order valence-electron chi connectivity index (χ3n) is 1.81. The summed E-state index contributed by atoms with van der Waals surface area (Å²) in [6.07, 6.45) is 5.17. The second kappa shape index (κ2) is 3.96. The summed E-state index contributed by atoms with van der Waals surface area (Å²) in [5.41, 5.74) is 0. The molecule has 0 radical (unpaired) electrons. The predicted molar refractivity (Wildman–Crippen MR) is 52.3 cm³/mol. The van der Waals surface area contributed by atoms with Crippen LogP contribution in [0.3, 0.4) is 0 Å². The van der Waals surface area contributed by atoms with Gasteiger partial charge in [-0.25, -0.2) is 0 Å². The molecule has 0 fully saturated rings. The van der Waals surface area contributed by atoms with Crippen LogP contribution in [0, 0.1) is 0 Å². The minimum absolute atomic E-state index is 0.330. The van der Waals surface area contributed by atoms with Gasteiger partial charge in [0.25, 0.3) is 0 Å². The molecule has 1 rings (SSSR count). The topological polar surface area (TPSA) is 20.2 Å². The Morgan fingerprint density at radius 2 is 2.08 bits per heavy atom. The van der Waals surface area contributed by atoms with Crippen LogP contribution in [-0.4, -0.2) is 5.11 Å². The summed E-state index contributed by atoms with van der Waals surface area (Å²) in [5, 5.41) is 11.5. The highest BCUT2D eigenvalue weighted by Crippen LogP contribution is 1.98. The molecule has 0 atom stereocenters. The Kier molecular flexibility index (Phi) is 2.92. The highest BCUT2D eigenvalue weighted by molar-refractivity contribution is 5.34. The van der Waals surface area contributed by atoms with Crippen molar-refractivity contribution in [3.05, 3.63) is 28.6 Å². The second-order valence-electron chi connectivity index (χ2n) is 2.71. The first kappa shape index (κ1) is 8.85. The summed E-state index contributed by atoms with van der Waals surface area (Å²) in [6, 6.07) is 5.43. The van der Waals surface area contributed by atoms with Gasteiger partial charge in [-0.15, -0.1) is 0 Å². The van der Waals surface area contributed by atoms with E-state index in [0.717, 1.165) is 11.6 Å². The van der Waals surface area contributed by atoms with E-state index in [1.807, 2.05) is 19.1 Å². The minimum atomic E-state index is 0.330. The number of rotatable bonds is 1. The second-order valence-corrected chi connectivity index (χ2v) is 2.71. The molecule has 1 N–H and O–H groups in total. The molecule has 0 saturated heterocycles. The molecule has 0 bridgehead atoms. The van der Waals surface area contributed by atoms with Gasteiger partial charge in [0.2, 0.25) is 0 Å². The van der Waals surface area contributed by atoms with Crippen molar-refractivity contribution >= 4 is 12.2 Å². The molecule has 0 aliphatic rings. The number of benzene rings is 1. The molecule has 0 amide bonds. The average molecular weight is 162 g/mol. The number of hydrogen-bond donors (Lipinski definition) is 1. The first-order chi connectivity index (χ1) is 5.77. The molecule has 0 spiro atoms. The third kappa shape index (κ3) is 1.88. The van der Waals surface area contributed by atoms with Crippen LogP contribution in [0.4, 0.5) is 0 Å². The van der Waals surface area contributed by atoms with Crippen molar-refractivity contribution in [3.63, 3.8) is 0 Å². The first-order valence-corrected chi connectivity index (χ1v) is 4.23. The Bertz CT molecular complexity index is 363. The Balaban J connectivity index is 3.42. The lowest BCUT2D eigenvalue weighted by Gasteiger charge is -1.92. The highest BCUT2D eigenvalue weighted by atomic mass is 16.3. The Morgan fingerprint density at radius 3 is 2.67 bits per heavy atom. The van der Waals surface area contributed by atoms with Crippen molar-refractivity contribution in [2.24, 2.45) is 0 Å². The molecule has 0 aliphatic heterocycles. The molecule has 1 heteroatoms. The molecule has 0 unspecified atom stereocenters. The lowest BCUT2D eigenvalue weighted by Crippen LogP contribution is -2.22. The van der Waals surface area contributed by atoms with Crippen LogP contribution in [-0.2, 0) is 0 Å². The minimum Gasteiger partial charge on any atom is -0.508 e. The molecule has 0 saturated carbocycles. The van der Waals surface area contributed by atoms with E-state index in [4.69, 9.17) is 0 Å². The van der Waals surface area contributed by atoms with Gasteiger partial charge in [-0.1, -0.05) is 25.1 Å². The zero-order valence-corrected chi connectivity index (χ0v) is 7.54. The summed E-state index contributed by atoms with van der Waals surface area (Å²) in [6.45, 7) is 4.08. The van der Waals surface area contributed by atoms with Gasteiger partial charge in [-0.3, -0.25) is 0 Å². The van der Waals surface area contributed by atoms with Gasteiger partial charge in [-0.2, -0.15) is 0 Å². The van der Waals surface area contributed by atoms with Crippen LogP contribution in [0.1, 0.15) is 20.3 Å². The van der Waals surface area contributed by atoms with Crippen molar-refractivity contribution in [2.75, 3.05) is 0 Å². The van der Waals surface area contributed by atoms with Crippen LogP contribution >= 0.6 is 0 Å². The lowest BCUT2D eigenvalue weighted by molar-refractivity contribution is 0.474. The molecule has 64 valence electrons. The van der Waals surface area contributed by atoms with E-state index in [1.54, 1.807) is 12.1 Å². The van der Waals surface area contributed by atoms with E-state index in [2.05, 4.69) is 13.0 Å². The van der Waals surface area contributed by atoms with E-state index in [9.17, 15) is 5.11 Å². The molecular formula is C11H14O. The number of aromatic hydroxyl groups is 1. The normalized spacial score (nSPS) is 13.8. The van der Waals surface area contributed by atoms with Gasteiger partial charge in [0.15, 0.2) is 0 Å². The van der Waals surface area contributed by atoms with Gasteiger partial charge in [0, 0.05) is 0 Å². The summed E-state index contributed by atoms with van der Waals surface area (Å²) in [4.78, 5) is 0. The first-order valence-electron chi connectivity index (χ1n) is 4.23. The van der Waals surface area contributed by atoms with Gasteiger partial charge in [-0.05, 0) is 35.9 Å². The fourth-order valence-corrected chi connectivity index (χ4v) is 1.22. The van der Waals surface area contributed by atoms with Gasteiger partial charge in [0.05, 0.1) is 0 Å². The van der Waals surface area contributed by atoms with Crippen molar-refractivity contribution < 1.29 is 5.11 Å². The van der Waals surface area contributed by atoms with Crippen molar-refractivity contribution in [2.45, 2.75) is 20.3 Å². The third-order valence-corrected chi connectivity index (χ3v) is 1.81. The maximum atomic E-state index is 9.20. The fraction of sp³-hybridized carbons (Fsp3) is 0.273. The van der Waals surface area contributed by atoms with Crippen LogP contribution in [0.2, 0.25) is 0 Å². The quantitative estimate of drug-likeness (QED) is 0.661. The molecule has 12 heavy (non-hydrogen) atoms. The van der Waals surface area contributed by atoms with Crippen LogP contribution < -0.4 is 10.4 Å². The van der Waals surface area contributed by atoms with E-state index in [1.165, 1.54) is 5.22 Å². The Labute approximate surface area is 72.7 Å². The molecule has 1 aromatic carbocycles. The van der Waals surface area contributed by atoms with E-state index in [0.29, 0.717) is 5.75 Å². The maximum absolute atomic E-state index is 9.20. The van der Waals surface area contributed by atoms with Crippen molar-refractivity contribution in [1.29, 1.82) is 0 Å². The van der Waals surface area contributed by atoms with Gasteiger partial charge in [0.1, 0.15) is 5.75 Å². The molecule has 0 heterocycles. The molecular weight excluding hydrogens is 148 g/mol. The van der Waals surface area contributed by atoms with E-state index < -0.39 is 0 Å². The van der Waals surface area contributed by atoms with Crippen LogP contribution in [0.15, 0.2) is 18.2 Å².